The Morgan fingerprint density at radius 2 is 1.97 bits per heavy atom. The van der Waals surface area contributed by atoms with E-state index in [1.54, 1.807) is 26.0 Å². The first-order chi connectivity index (χ1) is 15.9. The van der Waals surface area contributed by atoms with Crippen LogP contribution in [0.5, 0.6) is 0 Å². The molecule has 0 spiro atoms. The Bertz CT molecular complexity index is 1500. The van der Waals surface area contributed by atoms with Crippen LogP contribution >= 0.6 is 11.3 Å². The van der Waals surface area contributed by atoms with Crippen LogP contribution in [0.25, 0.3) is 27.6 Å². The highest BCUT2D eigenvalue weighted by Crippen LogP contribution is 2.31. The number of rotatable bonds is 5. The van der Waals surface area contributed by atoms with Crippen molar-refractivity contribution < 1.29 is 14.1 Å². The topological polar surface area (TPSA) is 116 Å². The lowest BCUT2D eigenvalue weighted by Crippen LogP contribution is -2.16. The van der Waals surface area contributed by atoms with E-state index in [0.717, 1.165) is 11.0 Å². The molecule has 0 atom stereocenters. The molecule has 0 saturated carbocycles. The number of carbonyl (C=O) groups excluding carboxylic acids is 1. The summed E-state index contributed by atoms with van der Waals surface area (Å²) in [4.78, 5) is 28.3. The van der Waals surface area contributed by atoms with Crippen LogP contribution in [0.2, 0.25) is 0 Å². The molecule has 0 aliphatic heterocycles. The summed E-state index contributed by atoms with van der Waals surface area (Å²) in [6.07, 6.45) is 0. The van der Waals surface area contributed by atoms with Gasteiger partial charge in [-0.2, -0.15) is 9.78 Å². The zero-order valence-corrected chi connectivity index (χ0v) is 18.4. The second kappa shape index (κ2) is 7.99. The van der Waals surface area contributed by atoms with Crippen LogP contribution in [0.1, 0.15) is 21.6 Å². The number of nitrogens with one attached hydrogen (secondary N) is 1. The molecule has 0 fully saturated rings. The molecule has 0 aliphatic carbocycles. The van der Waals surface area contributed by atoms with Crippen molar-refractivity contribution in [3.05, 3.63) is 86.9 Å². The van der Waals surface area contributed by atoms with Crippen molar-refractivity contribution in [2.75, 3.05) is 5.32 Å². The first kappa shape index (κ1) is 20.6. The lowest BCUT2D eigenvalue weighted by Gasteiger charge is -2.08. The molecule has 9 nitrogen and oxygen atoms in total. The van der Waals surface area contributed by atoms with E-state index in [2.05, 4.69) is 15.4 Å². The molecule has 3 heterocycles. The zero-order valence-electron chi connectivity index (χ0n) is 17.6. The van der Waals surface area contributed by atoms with E-state index in [9.17, 15) is 14.9 Å². The number of benzene rings is 2. The molecule has 0 saturated heterocycles. The molecule has 0 unspecified atom stereocenters. The fourth-order valence-electron chi connectivity index (χ4n) is 3.57. The van der Waals surface area contributed by atoms with Gasteiger partial charge in [-0.3, -0.25) is 14.9 Å². The summed E-state index contributed by atoms with van der Waals surface area (Å²) in [6.45, 7) is 3.36. The van der Waals surface area contributed by atoms with Crippen molar-refractivity contribution in [2.45, 2.75) is 13.8 Å². The van der Waals surface area contributed by atoms with Gasteiger partial charge in [-0.05, 0) is 32.0 Å². The largest absolute Gasteiger partial charge is 0.454 e. The first-order valence-corrected chi connectivity index (χ1v) is 10.9. The molecule has 164 valence electrons. The summed E-state index contributed by atoms with van der Waals surface area (Å²) in [5.41, 5.74) is 2.52. The maximum Gasteiger partial charge on any atom is 0.273 e. The first-order valence-electron chi connectivity index (χ1n) is 9.97. The van der Waals surface area contributed by atoms with Gasteiger partial charge in [0.05, 0.1) is 10.6 Å². The Morgan fingerprint density at radius 1 is 1.15 bits per heavy atom. The second-order valence-electron chi connectivity index (χ2n) is 7.41. The van der Waals surface area contributed by atoms with Gasteiger partial charge in [-0.25, -0.2) is 4.98 Å². The predicted octanol–water partition coefficient (Wildman–Crippen LogP) is 5.52. The molecule has 33 heavy (non-hydrogen) atoms. The van der Waals surface area contributed by atoms with Crippen molar-refractivity contribution in [3.8, 4) is 16.6 Å². The van der Waals surface area contributed by atoms with Crippen molar-refractivity contribution in [3.63, 3.8) is 0 Å². The van der Waals surface area contributed by atoms with E-state index in [4.69, 9.17) is 4.42 Å². The van der Waals surface area contributed by atoms with Crippen molar-refractivity contribution in [1.82, 2.24) is 14.8 Å². The number of thiazole rings is 1. The number of nitrogens with zero attached hydrogens (tertiary/aromatic N) is 4. The van der Waals surface area contributed by atoms with Crippen LogP contribution in [-0.2, 0) is 0 Å². The zero-order chi connectivity index (χ0) is 23.1. The fraction of sp³-hybridized carbons (Fsp3) is 0.0870. The van der Waals surface area contributed by atoms with E-state index >= 15 is 0 Å². The number of hydrogen-bond acceptors (Lipinski definition) is 7. The van der Waals surface area contributed by atoms with Crippen LogP contribution in [0.3, 0.4) is 0 Å². The summed E-state index contributed by atoms with van der Waals surface area (Å²) in [5.74, 6) is 0.584. The molecule has 2 aromatic carbocycles. The van der Waals surface area contributed by atoms with Crippen molar-refractivity contribution in [2.24, 2.45) is 0 Å². The summed E-state index contributed by atoms with van der Waals surface area (Å²) in [5, 5.41) is 21.9. The normalized spacial score (nSPS) is 11.1. The van der Waals surface area contributed by atoms with Crippen LogP contribution in [-0.4, -0.2) is 25.6 Å². The van der Waals surface area contributed by atoms with E-state index < -0.39 is 10.8 Å². The fourth-order valence-corrected chi connectivity index (χ4v) is 4.34. The third kappa shape index (κ3) is 3.76. The van der Waals surface area contributed by atoms with Gasteiger partial charge in [-0.1, -0.05) is 24.3 Å². The van der Waals surface area contributed by atoms with Crippen LogP contribution < -0.4 is 5.32 Å². The predicted molar refractivity (Wildman–Crippen MR) is 125 cm³/mol. The maximum absolute atomic E-state index is 12.9. The molecule has 5 rings (SSSR count). The summed E-state index contributed by atoms with van der Waals surface area (Å²) in [7, 11) is 0. The molecule has 0 aliphatic rings. The average molecular weight is 459 g/mol. The van der Waals surface area contributed by atoms with E-state index in [1.807, 2.05) is 35.7 Å². The molecular formula is C23H17N5O4S. The van der Waals surface area contributed by atoms with Crippen molar-refractivity contribution in [1.29, 1.82) is 0 Å². The van der Waals surface area contributed by atoms with Gasteiger partial charge in [0, 0.05) is 34.0 Å². The third-order valence-electron chi connectivity index (χ3n) is 5.17. The minimum absolute atomic E-state index is 0.109. The molecule has 0 radical (unpaired) electrons. The minimum Gasteiger partial charge on any atom is -0.454 e. The highest BCUT2D eigenvalue weighted by Gasteiger charge is 2.21. The Labute approximate surface area is 191 Å². The van der Waals surface area contributed by atoms with Gasteiger partial charge in [0.25, 0.3) is 11.6 Å². The lowest BCUT2D eigenvalue weighted by atomic mass is 10.1. The summed E-state index contributed by atoms with van der Waals surface area (Å²) in [6, 6.07) is 15.8. The molecule has 5 aromatic rings. The van der Waals surface area contributed by atoms with Crippen LogP contribution in [0.15, 0.2) is 64.4 Å². The lowest BCUT2D eigenvalue weighted by molar-refractivity contribution is -0.385. The minimum atomic E-state index is -0.504. The van der Waals surface area contributed by atoms with E-state index in [1.165, 1.54) is 28.2 Å². The average Bonchev–Trinajstić information content (AvgIpc) is 3.51. The standard InChI is InChI=1S/C23H17N5O4S/c1-13-10-21(25-22(29)16-7-5-8-18(14(16)2)28(30)31)27(26-13)23-24-17(12-33-23)20-11-15-6-3-4-9-19(15)32-20/h3-12H,1-2H3,(H,25,29). The number of furan rings is 1. The smallest absolute Gasteiger partial charge is 0.273 e. The SMILES string of the molecule is Cc1cc(NC(=O)c2cccc([N+](=O)[O-])c2C)n(-c2nc(-c3cc4ccccc4o3)cs2)n1. The van der Waals surface area contributed by atoms with Crippen LogP contribution in [0.4, 0.5) is 11.5 Å². The number of anilines is 1. The number of nitro benzene ring substituents is 1. The second-order valence-corrected chi connectivity index (χ2v) is 8.24. The van der Waals surface area contributed by atoms with Gasteiger partial charge in [0.1, 0.15) is 17.1 Å². The monoisotopic (exact) mass is 459 g/mol. The molecule has 1 amide bonds. The highest BCUT2D eigenvalue weighted by atomic mass is 32.1. The van der Waals surface area contributed by atoms with Crippen molar-refractivity contribution >= 4 is 39.7 Å². The van der Waals surface area contributed by atoms with E-state index in [0.29, 0.717) is 33.7 Å². The number of amides is 1. The number of aryl methyl sites for hydroxylation is 1. The highest BCUT2D eigenvalue weighted by molar-refractivity contribution is 7.12. The quantitative estimate of drug-likeness (QED) is 0.273. The molecule has 0 bridgehead atoms. The molecule has 10 heteroatoms. The number of nitro groups is 1. The number of fused-ring (bicyclic) bond motifs is 1. The van der Waals surface area contributed by atoms with Crippen LogP contribution in [0, 0.1) is 24.0 Å². The summed E-state index contributed by atoms with van der Waals surface area (Å²) < 4.78 is 7.43. The Hall–Kier alpha value is -4.31. The number of para-hydroxylation sites is 1. The van der Waals surface area contributed by atoms with E-state index in [-0.39, 0.29) is 11.3 Å². The maximum atomic E-state index is 12.9. The van der Waals surface area contributed by atoms with Gasteiger partial charge in [-0.15, -0.1) is 11.3 Å². The Morgan fingerprint density at radius 3 is 2.76 bits per heavy atom. The Kier molecular flexibility index (Phi) is 4.98. The van der Waals surface area contributed by atoms with Gasteiger partial charge >= 0.3 is 0 Å². The number of carbonyl (C=O) groups is 1. The number of aromatic nitrogens is 3. The summed E-state index contributed by atoms with van der Waals surface area (Å²) >= 11 is 1.36. The van der Waals surface area contributed by atoms with Gasteiger partial charge in [0.15, 0.2) is 5.76 Å². The third-order valence-corrected chi connectivity index (χ3v) is 5.99. The molecule has 3 aromatic heterocycles. The number of hydrogen-bond donors (Lipinski definition) is 1. The molecular weight excluding hydrogens is 442 g/mol. The Balaban J connectivity index is 1.46. The molecule has 1 N–H and O–H groups in total. The van der Waals surface area contributed by atoms with Gasteiger partial charge < -0.3 is 9.73 Å². The van der Waals surface area contributed by atoms with Gasteiger partial charge in [0.2, 0.25) is 5.13 Å².